The Morgan fingerprint density at radius 3 is 3.00 bits per heavy atom. The van der Waals surface area contributed by atoms with E-state index in [9.17, 15) is 4.79 Å². The van der Waals surface area contributed by atoms with Crippen molar-refractivity contribution in [2.45, 2.75) is 25.8 Å². The molecule has 0 aliphatic carbocycles. The van der Waals surface area contributed by atoms with E-state index in [1.165, 1.54) is 4.88 Å². The van der Waals surface area contributed by atoms with Gasteiger partial charge in [-0.25, -0.2) is 4.79 Å². The molecule has 1 saturated heterocycles. The van der Waals surface area contributed by atoms with Gasteiger partial charge in [-0.1, -0.05) is 23.7 Å². The van der Waals surface area contributed by atoms with Crippen molar-refractivity contribution in [3.8, 4) is 0 Å². The molecule has 0 saturated carbocycles. The van der Waals surface area contributed by atoms with E-state index in [1.807, 2.05) is 36.1 Å². The number of benzene rings is 1. The molecule has 0 bridgehead atoms. The highest BCUT2D eigenvalue weighted by atomic mass is 35.5. The maximum absolute atomic E-state index is 12.6. The van der Waals surface area contributed by atoms with Crippen LogP contribution in [-0.2, 0) is 0 Å². The first-order chi connectivity index (χ1) is 10.2. The van der Waals surface area contributed by atoms with Crippen molar-refractivity contribution >= 4 is 34.7 Å². The third-order valence-electron chi connectivity index (χ3n) is 3.89. The lowest BCUT2D eigenvalue weighted by Crippen LogP contribution is -2.34. The number of urea groups is 1. The van der Waals surface area contributed by atoms with E-state index in [0.29, 0.717) is 5.02 Å². The van der Waals surface area contributed by atoms with Crippen LogP contribution in [0.2, 0.25) is 5.02 Å². The molecule has 110 valence electrons. The highest BCUT2D eigenvalue weighted by Gasteiger charge is 2.30. The first-order valence-corrected chi connectivity index (χ1v) is 8.28. The third-order valence-corrected chi connectivity index (χ3v) is 5.28. The fraction of sp³-hybridized carbons (Fsp3) is 0.312. The van der Waals surface area contributed by atoms with Crippen molar-refractivity contribution in [3.63, 3.8) is 0 Å². The van der Waals surface area contributed by atoms with Crippen LogP contribution in [-0.4, -0.2) is 17.5 Å². The summed E-state index contributed by atoms with van der Waals surface area (Å²) in [7, 11) is 0. The van der Waals surface area contributed by atoms with E-state index in [1.54, 1.807) is 11.3 Å². The van der Waals surface area contributed by atoms with Gasteiger partial charge in [0.1, 0.15) is 0 Å². The third kappa shape index (κ3) is 2.92. The number of amides is 2. The van der Waals surface area contributed by atoms with Crippen LogP contribution in [0.1, 0.15) is 29.3 Å². The van der Waals surface area contributed by atoms with Gasteiger partial charge < -0.3 is 10.2 Å². The smallest absolute Gasteiger partial charge is 0.317 e. The van der Waals surface area contributed by atoms with E-state index < -0.39 is 0 Å². The molecule has 1 fully saturated rings. The lowest BCUT2D eigenvalue weighted by atomic mass is 10.2. The summed E-state index contributed by atoms with van der Waals surface area (Å²) < 4.78 is 0. The molecule has 2 aromatic rings. The number of thiophene rings is 1. The lowest BCUT2D eigenvalue weighted by molar-refractivity contribution is 0.208. The first kappa shape index (κ1) is 14.4. The molecule has 1 aromatic heterocycles. The SMILES string of the molecule is Cc1c(Cl)cccc1NC(=O)N1CCC[C@H]1c1cccs1. The number of halogens is 1. The van der Waals surface area contributed by atoms with Crippen molar-refractivity contribution in [2.75, 3.05) is 11.9 Å². The summed E-state index contributed by atoms with van der Waals surface area (Å²) in [5.41, 5.74) is 1.68. The number of hydrogen-bond donors (Lipinski definition) is 1. The molecule has 0 radical (unpaired) electrons. The highest BCUT2D eigenvalue weighted by Crippen LogP contribution is 2.35. The van der Waals surface area contributed by atoms with Gasteiger partial charge in [-0.15, -0.1) is 11.3 Å². The van der Waals surface area contributed by atoms with E-state index in [2.05, 4.69) is 16.8 Å². The highest BCUT2D eigenvalue weighted by molar-refractivity contribution is 7.10. The Hall–Kier alpha value is -1.52. The maximum Gasteiger partial charge on any atom is 0.322 e. The number of rotatable bonds is 2. The van der Waals surface area contributed by atoms with Gasteiger partial charge in [0.15, 0.2) is 0 Å². The average Bonchev–Trinajstić information content (AvgIpc) is 3.13. The van der Waals surface area contributed by atoms with E-state index in [4.69, 9.17) is 11.6 Å². The molecule has 0 unspecified atom stereocenters. The molecule has 5 heteroatoms. The number of carbonyl (C=O) groups is 1. The van der Waals surface area contributed by atoms with Crippen LogP contribution in [0, 0.1) is 6.92 Å². The summed E-state index contributed by atoms with van der Waals surface area (Å²) in [6, 6.07) is 9.86. The second-order valence-corrected chi connectivity index (χ2v) is 6.60. The normalized spacial score (nSPS) is 18.0. The van der Waals surface area contributed by atoms with Gasteiger partial charge >= 0.3 is 6.03 Å². The van der Waals surface area contributed by atoms with Crippen molar-refractivity contribution in [1.29, 1.82) is 0 Å². The lowest BCUT2D eigenvalue weighted by Gasteiger charge is -2.24. The number of likely N-dealkylation sites (tertiary alicyclic amines) is 1. The van der Waals surface area contributed by atoms with Crippen LogP contribution in [0.5, 0.6) is 0 Å². The van der Waals surface area contributed by atoms with Crippen molar-refractivity contribution in [1.82, 2.24) is 4.90 Å². The zero-order valence-corrected chi connectivity index (χ0v) is 13.4. The van der Waals surface area contributed by atoms with Crippen LogP contribution in [0.3, 0.4) is 0 Å². The van der Waals surface area contributed by atoms with Crippen molar-refractivity contribution < 1.29 is 4.79 Å². The van der Waals surface area contributed by atoms with Gasteiger partial charge in [0.05, 0.1) is 6.04 Å². The van der Waals surface area contributed by atoms with Crippen molar-refractivity contribution in [3.05, 3.63) is 51.2 Å². The fourth-order valence-corrected chi connectivity index (χ4v) is 3.76. The van der Waals surface area contributed by atoms with E-state index in [-0.39, 0.29) is 12.1 Å². The van der Waals surface area contributed by atoms with Gasteiger partial charge in [0.25, 0.3) is 0 Å². The summed E-state index contributed by atoms with van der Waals surface area (Å²) in [5.74, 6) is 0. The molecule has 1 N–H and O–H groups in total. The number of nitrogens with zero attached hydrogens (tertiary/aromatic N) is 1. The summed E-state index contributed by atoms with van der Waals surface area (Å²) in [5, 5.41) is 5.72. The monoisotopic (exact) mass is 320 g/mol. The van der Waals surface area contributed by atoms with Crippen LogP contribution in [0.15, 0.2) is 35.7 Å². The van der Waals surface area contributed by atoms with Crippen LogP contribution >= 0.6 is 22.9 Å². The topological polar surface area (TPSA) is 32.3 Å². The maximum atomic E-state index is 12.6. The molecule has 0 spiro atoms. The van der Waals surface area contributed by atoms with Gasteiger partial charge in [0.2, 0.25) is 0 Å². The zero-order chi connectivity index (χ0) is 14.8. The Labute approximate surface area is 133 Å². The minimum atomic E-state index is -0.0451. The summed E-state index contributed by atoms with van der Waals surface area (Å²) in [6.07, 6.45) is 2.08. The predicted octanol–water partition coefficient (Wildman–Crippen LogP) is 5.08. The molecule has 1 aliphatic rings. The second kappa shape index (κ2) is 6.08. The molecule has 2 heterocycles. The number of anilines is 1. The minimum absolute atomic E-state index is 0.0451. The Morgan fingerprint density at radius 1 is 1.38 bits per heavy atom. The quantitative estimate of drug-likeness (QED) is 0.822. The summed E-state index contributed by atoms with van der Waals surface area (Å²) in [4.78, 5) is 15.7. The molecule has 1 aliphatic heterocycles. The standard InChI is InChI=1S/C16H17ClN2OS/c1-11-12(17)5-2-6-13(11)18-16(20)19-9-3-7-14(19)15-8-4-10-21-15/h2,4-6,8,10,14H,3,7,9H2,1H3,(H,18,20)/t14-/m0/s1. The molecule has 1 atom stereocenters. The molecule has 1 aromatic carbocycles. The molecule has 21 heavy (non-hydrogen) atoms. The van der Waals surface area contributed by atoms with Crippen LogP contribution in [0.25, 0.3) is 0 Å². The van der Waals surface area contributed by atoms with Gasteiger partial charge in [-0.2, -0.15) is 0 Å². The Bertz CT molecular complexity index is 642. The van der Waals surface area contributed by atoms with Crippen LogP contribution in [0.4, 0.5) is 10.5 Å². The van der Waals surface area contributed by atoms with Gasteiger partial charge in [0, 0.05) is 22.1 Å². The Morgan fingerprint density at radius 2 is 2.24 bits per heavy atom. The Kier molecular flexibility index (Phi) is 4.17. The number of hydrogen-bond acceptors (Lipinski definition) is 2. The first-order valence-electron chi connectivity index (χ1n) is 7.03. The summed E-state index contributed by atoms with van der Waals surface area (Å²) in [6.45, 7) is 2.71. The van der Waals surface area contributed by atoms with Gasteiger partial charge in [-0.05, 0) is 48.9 Å². The van der Waals surface area contributed by atoms with E-state index in [0.717, 1.165) is 30.6 Å². The minimum Gasteiger partial charge on any atom is -0.317 e. The molecular weight excluding hydrogens is 304 g/mol. The van der Waals surface area contributed by atoms with Crippen molar-refractivity contribution in [2.24, 2.45) is 0 Å². The number of carbonyl (C=O) groups excluding carboxylic acids is 1. The molecule has 2 amide bonds. The zero-order valence-electron chi connectivity index (χ0n) is 11.8. The van der Waals surface area contributed by atoms with Crippen LogP contribution < -0.4 is 5.32 Å². The number of nitrogens with one attached hydrogen (secondary N) is 1. The summed E-state index contributed by atoms with van der Waals surface area (Å²) >= 11 is 7.81. The largest absolute Gasteiger partial charge is 0.322 e. The predicted molar refractivity (Wildman–Crippen MR) is 88.2 cm³/mol. The second-order valence-electron chi connectivity index (χ2n) is 5.21. The average molecular weight is 321 g/mol. The van der Waals surface area contributed by atoms with Gasteiger partial charge in [-0.3, -0.25) is 0 Å². The Balaban J connectivity index is 1.77. The molecule has 3 rings (SSSR count). The van der Waals surface area contributed by atoms with E-state index >= 15 is 0 Å². The molecular formula is C16H17ClN2OS. The molecule has 3 nitrogen and oxygen atoms in total. The fourth-order valence-electron chi connectivity index (χ4n) is 2.72.